The zero-order chi connectivity index (χ0) is 21.0. The molecule has 0 radical (unpaired) electrons. The molecule has 0 aliphatic heterocycles. The van der Waals surface area contributed by atoms with Gasteiger partial charge in [0.1, 0.15) is 11.4 Å². The molecule has 3 aromatic rings. The lowest BCUT2D eigenvalue weighted by molar-refractivity contribution is -0.124. The zero-order valence-electron chi connectivity index (χ0n) is 17.0. The number of nitrogens with zero attached hydrogens (tertiary/aromatic N) is 2. The van der Waals surface area contributed by atoms with E-state index in [9.17, 15) is 9.18 Å². The van der Waals surface area contributed by atoms with Gasteiger partial charge >= 0.3 is 0 Å². The third-order valence-corrected chi connectivity index (χ3v) is 5.35. The van der Waals surface area contributed by atoms with Gasteiger partial charge in [-0.15, -0.1) is 0 Å². The number of primary amides is 1. The first-order valence-electron chi connectivity index (χ1n) is 9.67. The molecule has 0 spiro atoms. The first kappa shape index (κ1) is 20.7. The van der Waals surface area contributed by atoms with E-state index in [2.05, 4.69) is 10.4 Å². The number of hydrogen-bond donors (Lipinski definition) is 2. The summed E-state index contributed by atoms with van der Waals surface area (Å²) in [5, 5.41) is 7.89. The van der Waals surface area contributed by atoms with Crippen molar-refractivity contribution in [1.82, 2.24) is 15.1 Å². The highest BCUT2D eigenvalue weighted by molar-refractivity contribution is 5.85. The van der Waals surface area contributed by atoms with Crippen LogP contribution in [0.15, 0.2) is 60.8 Å². The van der Waals surface area contributed by atoms with Crippen molar-refractivity contribution in [3.05, 3.63) is 89.0 Å². The molecular weight excluding hydrogens is 367 g/mol. The Bertz CT molecular complexity index is 986. The number of rotatable bonds is 8. The fraction of sp³-hybridized carbons (Fsp3) is 0.304. The molecule has 1 amide bonds. The van der Waals surface area contributed by atoms with Gasteiger partial charge < -0.3 is 5.73 Å². The van der Waals surface area contributed by atoms with Crippen molar-refractivity contribution in [1.29, 1.82) is 0 Å². The van der Waals surface area contributed by atoms with E-state index in [-0.39, 0.29) is 11.9 Å². The molecule has 5 nitrogen and oxygen atoms in total. The van der Waals surface area contributed by atoms with Crippen LogP contribution in [0.1, 0.15) is 41.8 Å². The number of halogens is 1. The lowest BCUT2D eigenvalue weighted by atomic mass is 9.88. The summed E-state index contributed by atoms with van der Waals surface area (Å²) >= 11 is 0. The van der Waals surface area contributed by atoms with Crippen LogP contribution in [-0.2, 0) is 23.8 Å². The standard InChI is InChI=1S/C23H27FN4O/c1-16-15-17(9-11-20(16)24)21(12-10-19-13-14-28(3)27-19)26-23(2,22(25)29)18-7-5-4-6-8-18/h4-9,11,13-15,21,26H,10,12H2,1-3H3,(H2,25,29). The number of aryl methyl sites for hydroxylation is 3. The maximum atomic E-state index is 13.8. The van der Waals surface area contributed by atoms with Gasteiger partial charge in [0.2, 0.25) is 5.91 Å². The van der Waals surface area contributed by atoms with Gasteiger partial charge in [-0.25, -0.2) is 4.39 Å². The minimum absolute atomic E-state index is 0.214. The van der Waals surface area contributed by atoms with E-state index in [1.807, 2.05) is 55.7 Å². The smallest absolute Gasteiger partial charge is 0.242 e. The summed E-state index contributed by atoms with van der Waals surface area (Å²) in [4.78, 5) is 12.5. The van der Waals surface area contributed by atoms with E-state index in [0.717, 1.165) is 16.8 Å². The summed E-state index contributed by atoms with van der Waals surface area (Å²) in [6, 6.07) is 16.2. The Morgan fingerprint density at radius 1 is 1.24 bits per heavy atom. The number of nitrogens with two attached hydrogens (primary N) is 1. The first-order valence-corrected chi connectivity index (χ1v) is 9.67. The average molecular weight is 394 g/mol. The summed E-state index contributed by atoms with van der Waals surface area (Å²) in [5.41, 5.74) is 7.96. The van der Waals surface area contributed by atoms with Gasteiger partial charge in [0.15, 0.2) is 0 Å². The number of hydrogen-bond acceptors (Lipinski definition) is 3. The number of carbonyl (C=O) groups excluding carboxylic acids is 1. The Balaban J connectivity index is 1.94. The quantitative estimate of drug-likeness (QED) is 0.614. The SMILES string of the molecule is Cc1cc(C(CCc2ccn(C)n2)NC(C)(C(N)=O)c2ccccc2)ccc1F. The minimum atomic E-state index is -1.07. The van der Waals surface area contributed by atoms with Gasteiger partial charge in [-0.3, -0.25) is 14.8 Å². The van der Waals surface area contributed by atoms with Crippen LogP contribution in [0.3, 0.4) is 0 Å². The Kier molecular flexibility index (Phi) is 6.13. The molecule has 3 N–H and O–H groups in total. The predicted molar refractivity (Wildman–Crippen MR) is 112 cm³/mol. The van der Waals surface area contributed by atoms with E-state index in [1.165, 1.54) is 6.07 Å². The molecule has 3 rings (SSSR count). The fourth-order valence-electron chi connectivity index (χ4n) is 3.51. The summed E-state index contributed by atoms with van der Waals surface area (Å²) in [7, 11) is 1.88. The lowest BCUT2D eigenvalue weighted by Crippen LogP contribution is -2.51. The molecule has 1 heterocycles. The Morgan fingerprint density at radius 3 is 2.55 bits per heavy atom. The van der Waals surface area contributed by atoms with E-state index in [4.69, 9.17) is 5.73 Å². The highest BCUT2D eigenvalue weighted by atomic mass is 19.1. The molecule has 2 unspecified atom stereocenters. The molecule has 0 aliphatic carbocycles. The van der Waals surface area contributed by atoms with Crippen LogP contribution >= 0.6 is 0 Å². The largest absolute Gasteiger partial charge is 0.368 e. The molecule has 0 bridgehead atoms. The van der Waals surface area contributed by atoms with Crippen LogP contribution in [0, 0.1) is 12.7 Å². The second-order valence-electron chi connectivity index (χ2n) is 7.58. The van der Waals surface area contributed by atoms with Crippen molar-refractivity contribution in [3.8, 4) is 0 Å². The van der Waals surface area contributed by atoms with E-state index < -0.39 is 11.4 Å². The van der Waals surface area contributed by atoms with E-state index in [0.29, 0.717) is 18.4 Å². The zero-order valence-corrected chi connectivity index (χ0v) is 17.0. The Hall–Kier alpha value is -2.99. The van der Waals surface area contributed by atoms with Crippen molar-refractivity contribution in [2.24, 2.45) is 12.8 Å². The van der Waals surface area contributed by atoms with Crippen molar-refractivity contribution in [2.75, 3.05) is 0 Å². The number of nitrogens with one attached hydrogen (secondary N) is 1. The van der Waals surface area contributed by atoms with Gasteiger partial charge in [0, 0.05) is 19.3 Å². The molecule has 0 fully saturated rings. The number of amides is 1. The van der Waals surface area contributed by atoms with Crippen molar-refractivity contribution >= 4 is 5.91 Å². The van der Waals surface area contributed by atoms with Crippen LogP contribution in [-0.4, -0.2) is 15.7 Å². The molecule has 1 aromatic heterocycles. The molecule has 6 heteroatoms. The number of aromatic nitrogens is 2. The van der Waals surface area contributed by atoms with E-state index >= 15 is 0 Å². The highest BCUT2D eigenvalue weighted by Gasteiger charge is 2.35. The van der Waals surface area contributed by atoms with Gasteiger partial charge in [0.25, 0.3) is 0 Å². The normalized spacial score (nSPS) is 14.3. The molecule has 29 heavy (non-hydrogen) atoms. The average Bonchev–Trinajstić information content (AvgIpc) is 3.13. The van der Waals surface area contributed by atoms with Crippen LogP contribution in [0.4, 0.5) is 4.39 Å². The second kappa shape index (κ2) is 8.57. The summed E-state index contributed by atoms with van der Waals surface area (Å²) < 4.78 is 15.6. The van der Waals surface area contributed by atoms with Crippen LogP contribution < -0.4 is 11.1 Å². The molecule has 152 valence electrons. The number of benzene rings is 2. The molecule has 0 saturated carbocycles. The van der Waals surface area contributed by atoms with Gasteiger partial charge in [-0.2, -0.15) is 5.10 Å². The Morgan fingerprint density at radius 2 is 1.97 bits per heavy atom. The molecule has 2 aromatic carbocycles. The van der Waals surface area contributed by atoms with Crippen LogP contribution in [0.25, 0.3) is 0 Å². The van der Waals surface area contributed by atoms with Crippen molar-refractivity contribution in [3.63, 3.8) is 0 Å². The maximum Gasteiger partial charge on any atom is 0.242 e. The topological polar surface area (TPSA) is 72.9 Å². The van der Waals surface area contributed by atoms with Crippen molar-refractivity contribution in [2.45, 2.75) is 38.3 Å². The molecule has 0 saturated heterocycles. The van der Waals surface area contributed by atoms with Crippen LogP contribution in [0.2, 0.25) is 0 Å². The predicted octanol–water partition coefficient (Wildman–Crippen LogP) is 3.53. The number of carbonyl (C=O) groups is 1. The lowest BCUT2D eigenvalue weighted by Gasteiger charge is -2.33. The summed E-state index contributed by atoms with van der Waals surface area (Å²) in [6.45, 7) is 3.52. The molecular formula is C23H27FN4O. The molecule has 0 aliphatic rings. The first-order chi connectivity index (χ1) is 13.8. The fourth-order valence-corrected chi connectivity index (χ4v) is 3.51. The minimum Gasteiger partial charge on any atom is -0.368 e. The highest BCUT2D eigenvalue weighted by Crippen LogP contribution is 2.29. The summed E-state index contributed by atoms with van der Waals surface area (Å²) in [5.74, 6) is -0.719. The van der Waals surface area contributed by atoms with Gasteiger partial charge in [-0.05, 0) is 55.5 Å². The van der Waals surface area contributed by atoms with Gasteiger partial charge in [0.05, 0.1) is 5.69 Å². The third-order valence-electron chi connectivity index (χ3n) is 5.35. The Labute approximate surface area is 170 Å². The molecule has 2 atom stereocenters. The second-order valence-corrected chi connectivity index (χ2v) is 7.58. The van der Waals surface area contributed by atoms with Crippen LogP contribution in [0.5, 0.6) is 0 Å². The van der Waals surface area contributed by atoms with E-state index in [1.54, 1.807) is 24.6 Å². The van der Waals surface area contributed by atoms with Crippen molar-refractivity contribution < 1.29 is 9.18 Å². The monoisotopic (exact) mass is 394 g/mol. The summed E-state index contributed by atoms with van der Waals surface area (Å²) in [6.07, 6.45) is 3.29. The third kappa shape index (κ3) is 4.71. The maximum absolute atomic E-state index is 13.8. The van der Waals surface area contributed by atoms with Gasteiger partial charge in [-0.1, -0.05) is 42.5 Å².